The third kappa shape index (κ3) is 3.36. The van der Waals surface area contributed by atoms with Crippen molar-refractivity contribution in [3.63, 3.8) is 0 Å². The Morgan fingerprint density at radius 2 is 1.89 bits per heavy atom. The molecule has 0 saturated carbocycles. The van der Waals surface area contributed by atoms with E-state index in [9.17, 15) is 9.90 Å². The van der Waals surface area contributed by atoms with E-state index in [1.807, 2.05) is 31.7 Å². The molecule has 0 amide bonds. The van der Waals surface area contributed by atoms with E-state index in [0.29, 0.717) is 5.56 Å². The molecule has 0 fully saturated rings. The lowest BCUT2D eigenvalue weighted by Crippen LogP contribution is -2.15. The number of phenols is 1. The van der Waals surface area contributed by atoms with Gasteiger partial charge >= 0.3 is 0 Å². The summed E-state index contributed by atoms with van der Waals surface area (Å²) in [4.78, 5) is 14.1. The number of carbonyl (C=O) groups is 1. The molecule has 0 unspecified atom stereocenters. The van der Waals surface area contributed by atoms with Gasteiger partial charge < -0.3 is 10.0 Å². The predicted octanol–water partition coefficient (Wildman–Crippen LogP) is 3.05. The summed E-state index contributed by atoms with van der Waals surface area (Å²) >= 11 is 0. The van der Waals surface area contributed by atoms with Gasteiger partial charge in [-0.05, 0) is 44.9 Å². The van der Waals surface area contributed by atoms with Crippen LogP contribution in [0.1, 0.15) is 35.3 Å². The molecule has 0 atom stereocenters. The summed E-state index contributed by atoms with van der Waals surface area (Å²) < 4.78 is 0. The van der Waals surface area contributed by atoms with Crippen LogP contribution in [0, 0.1) is 13.8 Å². The summed E-state index contributed by atoms with van der Waals surface area (Å²) in [5.41, 5.74) is 2.08. The predicted molar refractivity (Wildman–Crippen MR) is 74.0 cm³/mol. The molecule has 3 nitrogen and oxygen atoms in total. The maximum atomic E-state index is 12.0. The summed E-state index contributed by atoms with van der Waals surface area (Å²) in [7, 11) is 0. The monoisotopic (exact) mass is 247 g/mol. The average Bonchev–Trinajstić information content (AvgIpc) is 2.34. The van der Waals surface area contributed by atoms with Crippen LogP contribution >= 0.6 is 0 Å². The molecule has 18 heavy (non-hydrogen) atoms. The first-order chi connectivity index (χ1) is 8.49. The standard InChI is InChI=1S/C15H21NO2/c1-5-16(6-2)8-7-14(17)13-10-11(3)9-12(4)15(13)18/h7-10,18H,5-6H2,1-4H3. The van der Waals surface area contributed by atoms with Crippen LogP contribution in [0.25, 0.3) is 0 Å². The van der Waals surface area contributed by atoms with Crippen molar-refractivity contribution in [2.45, 2.75) is 27.7 Å². The molecule has 0 bridgehead atoms. The number of aromatic hydroxyl groups is 1. The second-order valence-electron chi connectivity index (χ2n) is 4.38. The number of ketones is 1. The van der Waals surface area contributed by atoms with E-state index < -0.39 is 0 Å². The Labute approximate surface area is 109 Å². The number of phenolic OH excluding ortho intramolecular Hbond substituents is 1. The molecule has 0 aromatic heterocycles. The van der Waals surface area contributed by atoms with E-state index >= 15 is 0 Å². The van der Waals surface area contributed by atoms with Crippen LogP contribution in [0.4, 0.5) is 0 Å². The highest BCUT2D eigenvalue weighted by atomic mass is 16.3. The fourth-order valence-electron chi connectivity index (χ4n) is 1.85. The minimum absolute atomic E-state index is 0.0785. The van der Waals surface area contributed by atoms with Gasteiger partial charge in [0.15, 0.2) is 5.78 Å². The van der Waals surface area contributed by atoms with Crippen molar-refractivity contribution in [1.82, 2.24) is 4.90 Å². The zero-order chi connectivity index (χ0) is 13.7. The summed E-state index contributed by atoms with van der Waals surface area (Å²) in [5.74, 6) is -0.0824. The highest BCUT2D eigenvalue weighted by Gasteiger charge is 2.11. The van der Waals surface area contributed by atoms with Crippen LogP contribution in [-0.2, 0) is 0 Å². The fourth-order valence-corrected chi connectivity index (χ4v) is 1.85. The van der Waals surface area contributed by atoms with Gasteiger partial charge in [0, 0.05) is 25.4 Å². The van der Waals surface area contributed by atoms with Crippen molar-refractivity contribution >= 4 is 5.78 Å². The van der Waals surface area contributed by atoms with Gasteiger partial charge in [-0.25, -0.2) is 0 Å². The van der Waals surface area contributed by atoms with Crippen LogP contribution < -0.4 is 0 Å². The summed E-state index contributed by atoms with van der Waals surface area (Å²) in [5, 5.41) is 9.90. The zero-order valence-electron chi connectivity index (χ0n) is 11.5. The van der Waals surface area contributed by atoms with Crippen LogP contribution in [0.2, 0.25) is 0 Å². The van der Waals surface area contributed by atoms with Gasteiger partial charge in [0.1, 0.15) is 5.75 Å². The maximum Gasteiger partial charge on any atom is 0.191 e. The molecule has 0 radical (unpaired) electrons. The molecule has 3 heteroatoms. The van der Waals surface area contributed by atoms with Crippen LogP contribution in [-0.4, -0.2) is 28.9 Å². The third-order valence-corrected chi connectivity index (χ3v) is 2.96. The van der Waals surface area contributed by atoms with E-state index in [-0.39, 0.29) is 11.5 Å². The fraction of sp³-hybridized carbons (Fsp3) is 0.400. The number of aryl methyl sites for hydroxylation is 2. The Kier molecular flexibility index (Phi) is 4.95. The van der Waals surface area contributed by atoms with Crippen molar-refractivity contribution in [3.8, 4) is 5.75 Å². The van der Waals surface area contributed by atoms with Crippen molar-refractivity contribution in [2.75, 3.05) is 13.1 Å². The Hall–Kier alpha value is -1.77. The smallest absolute Gasteiger partial charge is 0.191 e. The Morgan fingerprint density at radius 3 is 2.44 bits per heavy atom. The molecule has 1 N–H and O–H groups in total. The lowest BCUT2D eigenvalue weighted by atomic mass is 10.0. The third-order valence-electron chi connectivity index (χ3n) is 2.96. The Morgan fingerprint density at radius 1 is 1.28 bits per heavy atom. The quantitative estimate of drug-likeness (QED) is 0.642. The lowest BCUT2D eigenvalue weighted by Gasteiger charge is -2.14. The van der Waals surface area contributed by atoms with E-state index in [0.717, 1.165) is 24.2 Å². The molecule has 1 aromatic carbocycles. The number of allylic oxidation sites excluding steroid dienone is 1. The molecular formula is C15H21NO2. The Bertz CT molecular complexity index is 460. The second-order valence-corrected chi connectivity index (χ2v) is 4.38. The first kappa shape index (κ1) is 14.3. The SMILES string of the molecule is CCN(C=CC(=O)c1cc(C)cc(C)c1O)CC. The topological polar surface area (TPSA) is 40.5 Å². The normalized spacial score (nSPS) is 10.9. The Balaban J connectivity index is 2.98. The van der Waals surface area contributed by atoms with E-state index in [1.165, 1.54) is 6.08 Å². The molecule has 98 valence electrons. The molecule has 0 aliphatic heterocycles. The molecule has 0 heterocycles. The first-order valence-corrected chi connectivity index (χ1v) is 6.26. The second kappa shape index (κ2) is 6.24. The maximum absolute atomic E-state index is 12.0. The molecule has 0 saturated heterocycles. The van der Waals surface area contributed by atoms with E-state index in [4.69, 9.17) is 0 Å². The first-order valence-electron chi connectivity index (χ1n) is 6.26. The molecule has 1 rings (SSSR count). The molecule has 1 aromatic rings. The van der Waals surface area contributed by atoms with Crippen molar-refractivity contribution < 1.29 is 9.90 Å². The number of rotatable bonds is 5. The van der Waals surface area contributed by atoms with Gasteiger partial charge in [-0.1, -0.05) is 6.07 Å². The van der Waals surface area contributed by atoms with Crippen molar-refractivity contribution in [3.05, 3.63) is 41.1 Å². The number of hydrogen-bond acceptors (Lipinski definition) is 3. The molecule has 0 aliphatic rings. The van der Waals surface area contributed by atoms with E-state index in [1.54, 1.807) is 19.2 Å². The number of benzene rings is 1. The van der Waals surface area contributed by atoms with Crippen molar-refractivity contribution in [2.24, 2.45) is 0 Å². The number of carbonyl (C=O) groups excluding carboxylic acids is 1. The van der Waals surface area contributed by atoms with E-state index in [2.05, 4.69) is 0 Å². The highest BCUT2D eigenvalue weighted by molar-refractivity contribution is 6.06. The molecule has 0 spiro atoms. The average molecular weight is 247 g/mol. The molecule has 0 aliphatic carbocycles. The zero-order valence-corrected chi connectivity index (χ0v) is 11.5. The van der Waals surface area contributed by atoms with Crippen LogP contribution in [0.15, 0.2) is 24.4 Å². The van der Waals surface area contributed by atoms with Gasteiger partial charge in [0.05, 0.1) is 5.56 Å². The largest absolute Gasteiger partial charge is 0.507 e. The highest BCUT2D eigenvalue weighted by Crippen LogP contribution is 2.24. The van der Waals surface area contributed by atoms with Crippen molar-refractivity contribution in [1.29, 1.82) is 0 Å². The summed E-state index contributed by atoms with van der Waals surface area (Å²) in [6, 6.07) is 3.58. The van der Waals surface area contributed by atoms with Crippen LogP contribution in [0.3, 0.4) is 0 Å². The van der Waals surface area contributed by atoms with Gasteiger partial charge in [-0.3, -0.25) is 4.79 Å². The van der Waals surface area contributed by atoms with Gasteiger partial charge in [0.25, 0.3) is 0 Å². The van der Waals surface area contributed by atoms with Gasteiger partial charge in [-0.2, -0.15) is 0 Å². The number of hydrogen-bond donors (Lipinski definition) is 1. The summed E-state index contributed by atoms with van der Waals surface area (Å²) in [6.07, 6.45) is 3.29. The minimum atomic E-state index is -0.161. The summed E-state index contributed by atoms with van der Waals surface area (Å²) in [6.45, 7) is 9.50. The van der Waals surface area contributed by atoms with Gasteiger partial charge in [-0.15, -0.1) is 0 Å². The van der Waals surface area contributed by atoms with Gasteiger partial charge in [0.2, 0.25) is 0 Å². The molecular weight excluding hydrogens is 226 g/mol. The van der Waals surface area contributed by atoms with Crippen LogP contribution in [0.5, 0.6) is 5.75 Å². The minimum Gasteiger partial charge on any atom is -0.507 e. The lowest BCUT2D eigenvalue weighted by molar-refractivity contribution is 0.104. The number of nitrogens with zero attached hydrogens (tertiary/aromatic N) is 1.